The van der Waals surface area contributed by atoms with Crippen molar-refractivity contribution >= 4 is 23.7 Å². The maximum Gasteiger partial charge on any atom is 0.156 e. The third-order valence-electron chi connectivity index (χ3n) is 3.91. The second-order valence-electron chi connectivity index (χ2n) is 5.71. The molecule has 1 aliphatic carbocycles. The smallest absolute Gasteiger partial charge is 0.156 e. The lowest BCUT2D eigenvalue weighted by Crippen LogP contribution is -2.46. The van der Waals surface area contributed by atoms with Gasteiger partial charge in [-0.1, -0.05) is 31.4 Å². The van der Waals surface area contributed by atoms with Gasteiger partial charge in [-0.3, -0.25) is 4.79 Å². The molecule has 0 spiro atoms. The van der Waals surface area contributed by atoms with Crippen molar-refractivity contribution < 1.29 is 9.90 Å². The van der Waals surface area contributed by atoms with Crippen molar-refractivity contribution in [2.45, 2.75) is 45.1 Å². The number of hydrogen-bond acceptors (Lipinski definition) is 5. The summed E-state index contributed by atoms with van der Waals surface area (Å²) in [5.41, 5.74) is -0.178. The number of carbonyl (C=O) groups is 1. The second kappa shape index (κ2) is 6.06. The Morgan fingerprint density at radius 3 is 2.90 bits per heavy atom. The summed E-state index contributed by atoms with van der Waals surface area (Å²) in [4.78, 5) is 19.4. The monoisotopic (exact) mass is 297 g/mol. The van der Waals surface area contributed by atoms with Gasteiger partial charge in [-0.15, -0.1) is 0 Å². The van der Waals surface area contributed by atoms with Gasteiger partial charge in [0.1, 0.15) is 16.8 Å². The number of nitrogens with zero attached hydrogens (tertiary/aromatic N) is 2. The number of halogens is 1. The van der Waals surface area contributed by atoms with E-state index in [1.807, 2.05) is 0 Å². The molecule has 0 aliphatic heterocycles. The molecule has 2 rings (SSSR count). The molecule has 5 nitrogen and oxygen atoms in total. The lowest BCUT2D eigenvalue weighted by Gasteiger charge is -2.40. The second-order valence-corrected chi connectivity index (χ2v) is 6.06. The van der Waals surface area contributed by atoms with E-state index in [4.69, 9.17) is 11.6 Å². The van der Waals surface area contributed by atoms with Crippen molar-refractivity contribution in [2.75, 3.05) is 11.9 Å². The zero-order valence-electron chi connectivity index (χ0n) is 11.8. The predicted molar refractivity (Wildman–Crippen MR) is 78.2 cm³/mol. The van der Waals surface area contributed by atoms with Gasteiger partial charge in [-0.2, -0.15) is 0 Å². The van der Waals surface area contributed by atoms with E-state index in [1.165, 1.54) is 0 Å². The van der Waals surface area contributed by atoms with E-state index in [0.29, 0.717) is 23.8 Å². The predicted octanol–water partition coefficient (Wildman–Crippen LogP) is 2.60. The highest BCUT2D eigenvalue weighted by Gasteiger charge is 2.35. The van der Waals surface area contributed by atoms with Crippen LogP contribution in [0.25, 0.3) is 0 Å². The highest BCUT2D eigenvalue weighted by molar-refractivity contribution is 6.32. The lowest BCUT2D eigenvalue weighted by molar-refractivity contribution is 0.112. The summed E-state index contributed by atoms with van der Waals surface area (Å²) < 4.78 is 0. The molecule has 1 aromatic heterocycles. The van der Waals surface area contributed by atoms with Gasteiger partial charge in [0.25, 0.3) is 0 Å². The van der Waals surface area contributed by atoms with E-state index < -0.39 is 5.54 Å². The van der Waals surface area contributed by atoms with E-state index >= 15 is 0 Å². The lowest BCUT2D eigenvalue weighted by atomic mass is 9.77. The topological polar surface area (TPSA) is 75.1 Å². The van der Waals surface area contributed by atoms with Crippen LogP contribution in [-0.4, -0.2) is 33.5 Å². The molecule has 6 heteroatoms. The van der Waals surface area contributed by atoms with E-state index in [1.54, 1.807) is 6.92 Å². The minimum atomic E-state index is -0.431. The molecule has 1 fully saturated rings. The van der Waals surface area contributed by atoms with E-state index in [-0.39, 0.29) is 17.3 Å². The third kappa shape index (κ3) is 3.10. The number of carbonyl (C=O) groups excluding carboxylic acids is 1. The Kier molecular flexibility index (Phi) is 4.60. The quantitative estimate of drug-likeness (QED) is 0.660. The maximum absolute atomic E-state index is 11.2. The number of anilines is 1. The first-order chi connectivity index (χ1) is 9.49. The molecule has 20 heavy (non-hydrogen) atoms. The maximum atomic E-state index is 11.2. The van der Waals surface area contributed by atoms with Crippen molar-refractivity contribution in [2.24, 2.45) is 5.92 Å². The molecule has 0 saturated heterocycles. The molecule has 0 amide bonds. The third-order valence-corrected chi connectivity index (χ3v) is 4.19. The number of hydrogen-bond donors (Lipinski definition) is 2. The molecule has 2 N–H and O–H groups in total. The molecule has 110 valence electrons. The standard InChI is InChI=1S/C14H20ClN3O2/c1-9-4-3-5-14(6-9,8-20)18-13-11(7-19)12(15)16-10(2)17-13/h7,9,20H,3-6,8H2,1-2H3,(H,16,17,18). The Bertz CT molecular complexity index is 509. The van der Waals surface area contributed by atoms with Gasteiger partial charge in [-0.05, 0) is 25.7 Å². The number of aromatic nitrogens is 2. The zero-order chi connectivity index (χ0) is 14.8. The molecule has 2 atom stereocenters. The molecular weight excluding hydrogens is 278 g/mol. The van der Waals surface area contributed by atoms with Crippen LogP contribution in [0.4, 0.5) is 5.82 Å². The minimum Gasteiger partial charge on any atom is -0.394 e. The van der Waals surface area contributed by atoms with Crippen LogP contribution in [0, 0.1) is 12.8 Å². The first kappa shape index (κ1) is 15.2. The first-order valence-electron chi connectivity index (χ1n) is 6.88. The van der Waals surface area contributed by atoms with Crippen LogP contribution in [0.2, 0.25) is 5.15 Å². The molecule has 1 aromatic rings. The van der Waals surface area contributed by atoms with Gasteiger partial charge in [-0.25, -0.2) is 9.97 Å². The molecule has 0 bridgehead atoms. The molecule has 0 radical (unpaired) electrons. The molecule has 1 heterocycles. The molecule has 0 aromatic carbocycles. The van der Waals surface area contributed by atoms with Gasteiger partial charge in [0.15, 0.2) is 6.29 Å². The average Bonchev–Trinajstić information content (AvgIpc) is 2.38. The van der Waals surface area contributed by atoms with Gasteiger partial charge < -0.3 is 10.4 Å². The highest BCUT2D eigenvalue weighted by atomic mass is 35.5. The van der Waals surface area contributed by atoms with Gasteiger partial charge in [0.2, 0.25) is 0 Å². The van der Waals surface area contributed by atoms with Gasteiger partial charge in [0.05, 0.1) is 17.7 Å². The Morgan fingerprint density at radius 2 is 2.30 bits per heavy atom. The van der Waals surface area contributed by atoms with Crippen molar-refractivity contribution in [3.63, 3.8) is 0 Å². The minimum absolute atomic E-state index is 0.0102. The van der Waals surface area contributed by atoms with Crippen LogP contribution in [-0.2, 0) is 0 Å². The summed E-state index contributed by atoms with van der Waals surface area (Å²) in [7, 11) is 0. The number of aryl methyl sites for hydroxylation is 1. The van der Waals surface area contributed by atoms with Crippen LogP contribution >= 0.6 is 11.6 Å². The SMILES string of the molecule is Cc1nc(Cl)c(C=O)c(NC2(CO)CCCC(C)C2)n1. The number of aliphatic hydroxyl groups is 1. The number of aldehydes is 1. The summed E-state index contributed by atoms with van der Waals surface area (Å²) in [5, 5.41) is 13.2. The van der Waals surface area contributed by atoms with Crippen LogP contribution < -0.4 is 5.32 Å². The number of aliphatic hydroxyl groups excluding tert-OH is 1. The highest BCUT2D eigenvalue weighted by Crippen LogP contribution is 2.35. The van der Waals surface area contributed by atoms with E-state index in [0.717, 1.165) is 25.7 Å². The van der Waals surface area contributed by atoms with Gasteiger partial charge >= 0.3 is 0 Å². The first-order valence-corrected chi connectivity index (χ1v) is 7.26. The van der Waals surface area contributed by atoms with Crippen LogP contribution in [0.1, 0.15) is 48.8 Å². The summed E-state index contributed by atoms with van der Waals surface area (Å²) >= 11 is 5.98. The molecule has 2 unspecified atom stereocenters. The van der Waals surface area contributed by atoms with E-state index in [2.05, 4.69) is 22.2 Å². The summed E-state index contributed by atoms with van der Waals surface area (Å²) in [5.74, 6) is 1.45. The van der Waals surface area contributed by atoms with Gasteiger partial charge in [0, 0.05) is 0 Å². The van der Waals surface area contributed by atoms with E-state index in [9.17, 15) is 9.90 Å². The fraction of sp³-hybridized carbons (Fsp3) is 0.643. The molecule has 1 saturated carbocycles. The average molecular weight is 298 g/mol. The Hall–Kier alpha value is -1.20. The normalized spacial score (nSPS) is 26.3. The Morgan fingerprint density at radius 1 is 1.55 bits per heavy atom. The zero-order valence-corrected chi connectivity index (χ0v) is 12.6. The molecule has 1 aliphatic rings. The van der Waals surface area contributed by atoms with Crippen molar-refractivity contribution in [1.82, 2.24) is 9.97 Å². The van der Waals surface area contributed by atoms with Crippen LogP contribution in [0.5, 0.6) is 0 Å². The van der Waals surface area contributed by atoms with Crippen LogP contribution in [0.3, 0.4) is 0 Å². The van der Waals surface area contributed by atoms with Crippen molar-refractivity contribution in [3.05, 3.63) is 16.5 Å². The Labute approximate surface area is 123 Å². The molecular formula is C14H20ClN3O2. The fourth-order valence-corrected chi connectivity index (χ4v) is 3.21. The summed E-state index contributed by atoms with van der Waals surface area (Å²) in [6, 6.07) is 0. The number of nitrogens with one attached hydrogen (secondary N) is 1. The fourth-order valence-electron chi connectivity index (χ4n) is 2.95. The van der Waals surface area contributed by atoms with Crippen molar-refractivity contribution in [1.29, 1.82) is 0 Å². The summed E-state index contributed by atoms with van der Waals surface area (Å²) in [6.45, 7) is 3.90. The Balaban J connectivity index is 2.34. The van der Waals surface area contributed by atoms with Crippen molar-refractivity contribution in [3.8, 4) is 0 Å². The largest absolute Gasteiger partial charge is 0.394 e. The summed E-state index contributed by atoms with van der Waals surface area (Å²) in [6.07, 6.45) is 4.56. The van der Waals surface area contributed by atoms with Crippen LogP contribution in [0.15, 0.2) is 0 Å². The number of rotatable bonds is 4.